The molecule has 1 aliphatic rings. The van der Waals surface area contributed by atoms with Gasteiger partial charge in [0.2, 0.25) is 0 Å². The van der Waals surface area contributed by atoms with Gasteiger partial charge in [-0.15, -0.1) is 0 Å². The van der Waals surface area contributed by atoms with Crippen molar-refractivity contribution in [1.29, 1.82) is 0 Å². The Bertz CT molecular complexity index is 471. The second-order valence-corrected chi connectivity index (χ2v) is 7.54. The van der Waals surface area contributed by atoms with Crippen molar-refractivity contribution in [2.24, 2.45) is 0 Å². The van der Waals surface area contributed by atoms with Crippen molar-refractivity contribution in [2.75, 3.05) is 6.61 Å². The number of rotatable bonds is 4. The first-order valence-electron chi connectivity index (χ1n) is 7.60. The van der Waals surface area contributed by atoms with Crippen molar-refractivity contribution in [2.45, 2.75) is 64.1 Å². The highest BCUT2D eigenvalue weighted by Crippen LogP contribution is 2.40. The van der Waals surface area contributed by atoms with Crippen molar-refractivity contribution >= 4 is 11.6 Å². The number of hydrogen-bond acceptors (Lipinski definition) is 3. The van der Waals surface area contributed by atoms with Gasteiger partial charge >= 0.3 is 0 Å². The fourth-order valence-corrected chi connectivity index (χ4v) is 3.49. The Morgan fingerprint density at radius 1 is 1.24 bits per heavy atom. The standard InChI is InChI=1S/C17H26ClNO2/c1-16(2)9-6-10-17(3,4)19(16)21-15(12-20)13-7-5-8-14(18)11-13/h5,7-8,11,15,20H,6,9-10,12H2,1-4H3/t15-/m1/s1. The first-order valence-corrected chi connectivity index (χ1v) is 7.97. The largest absolute Gasteiger partial charge is 0.393 e. The van der Waals surface area contributed by atoms with E-state index < -0.39 is 0 Å². The Balaban J connectivity index is 2.24. The average molecular weight is 312 g/mol. The molecule has 1 saturated heterocycles. The summed E-state index contributed by atoms with van der Waals surface area (Å²) in [4.78, 5) is 6.24. The zero-order chi connectivity index (χ0) is 15.7. The molecule has 1 N–H and O–H groups in total. The maximum atomic E-state index is 9.75. The number of hydroxylamine groups is 2. The fourth-order valence-electron chi connectivity index (χ4n) is 3.30. The maximum absolute atomic E-state index is 9.75. The van der Waals surface area contributed by atoms with E-state index in [1.54, 1.807) is 0 Å². The molecule has 1 aromatic carbocycles. The SMILES string of the molecule is CC1(C)CCCC(C)(C)N1O[C@H](CO)c1cccc(Cl)c1. The summed E-state index contributed by atoms with van der Waals surface area (Å²) >= 11 is 6.05. The van der Waals surface area contributed by atoms with E-state index >= 15 is 0 Å². The van der Waals surface area contributed by atoms with E-state index in [0.717, 1.165) is 18.4 Å². The molecule has 21 heavy (non-hydrogen) atoms. The smallest absolute Gasteiger partial charge is 0.127 e. The van der Waals surface area contributed by atoms with E-state index in [2.05, 4.69) is 32.8 Å². The van der Waals surface area contributed by atoms with Crippen molar-refractivity contribution < 1.29 is 9.94 Å². The third-order valence-corrected chi connectivity index (χ3v) is 4.53. The molecule has 3 nitrogen and oxygen atoms in total. The molecule has 0 aliphatic carbocycles. The lowest BCUT2D eigenvalue weighted by molar-refractivity contribution is -0.311. The van der Waals surface area contributed by atoms with Crippen LogP contribution in [0.4, 0.5) is 0 Å². The maximum Gasteiger partial charge on any atom is 0.127 e. The van der Waals surface area contributed by atoms with Crippen molar-refractivity contribution in [1.82, 2.24) is 5.06 Å². The van der Waals surface area contributed by atoms with Gasteiger partial charge in [0.15, 0.2) is 0 Å². The molecule has 1 fully saturated rings. The van der Waals surface area contributed by atoms with Crippen LogP contribution in [0.2, 0.25) is 5.02 Å². The molecule has 0 saturated carbocycles. The summed E-state index contributed by atoms with van der Waals surface area (Å²) in [6, 6.07) is 7.51. The molecule has 1 aromatic rings. The van der Waals surface area contributed by atoms with E-state index in [1.807, 2.05) is 24.3 Å². The summed E-state index contributed by atoms with van der Waals surface area (Å²) in [5.74, 6) is 0. The number of halogens is 1. The minimum atomic E-state index is -0.389. The first kappa shape index (κ1) is 16.8. The van der Waals surface area contributed by atoms with Crippen LogP contribution < -0.4 is 0 Å². The van der Waals surface area contributed by atoms with Gasteiger partial charge in [0, 0.05) is 16.1 Å². The van der Waals surface area contributed by atoms with Gasteiger partial charge in [-0.05, 0) is 64.7 Å². The number of aliphatic hydroxyl groups excluding tert-OH is 1. The molecular weight excluding hydrogens is 286 g/mol. The molecule has 0 aromatic heterocycles. The monoisotopic (exact) mass is 311 g/mol. The van der Waals surface area contributed by atoms with Gasteiger partial charge in [0.05, 0.1) is 6.61 Å². The topological polar surface area (TPSA) is 32.7 Å². The van der Waals surface area contributed by atoms with Crippen LogP contribution >= 0.6 is 11.6 Å². The Morgan fingerprint density at radius 3 is 2.38 bits per heavy atom. The number of hydrogen-bond donors (Lipinski definition) is 1. The van der Waals surface area contributed by atoms with E-state index in [-0.39, 0.29) is 23.8 Å². The van der Waals surface area contributed by atoms with E-state index in [0.29, 0.717) is 5.02 Å². The van der Waals surface area contributed by atoms with Crippen LogP contribution in [0.3, 0.4) is 0 Å². The van der Waals surface area contributed by atoms with E-state index in [1.165, 1.54) is 6.42 Å². The Hall–Kier alpha value is -0.610. The number of aliphatic hydroxyl groups is 1. The quantitative estimate of drug-likeness (QED) is 0.897. The Kier molecular flexibility index (Phi) is 4.99. The predicted octanol–water partition coefficient (Wildman–Crippen LogP) is 4.35. The molecule has 2 rings (SSSR count). The average Bonchev–Trinajstić information content (AvgIpc) is 2.37. The molecule has 1 aliphatic heterocycles. The number of nitrogens with zero attached hydrogens (tertiary/aromatic N) is 1. The van der Waals surface area contributed by atoms with E-state index in [4.69, 9.17) is 16.4 Å². The summed E-state index contributed by atoms with van der Waals surface area (Å²) in [6.07, 6.45) is 2.98. The molecule has 4 heteroatoms. The van der Waals surface area contributed by atoms with Crippen molar-refractivity contribution in [3.05, 3.63) is 34.9 Å². The molecule has 0 unspecified atom stereocenters. The van der Waals surface area contributed by atoms with Crippen LogP contribution in [0.25, 0.3) is 0 Å². The zero-order valence-electron chi connectivity index (χ0n) is 13.4. The first-order chi connectivity index (χ1) is 9.76. The lowest BCUT2D eigenvalue weighted by atomic mass is 9.82. The van der Waals surface area contributed by atoms with E-state index in [9.17, 15) is 5.11 Å². The van der Waals surface area contributed by atoms with Gasteiger partial charge in [-0.3, -0.25) is 4.84 Å². The summed E-state index contributed by atoms with van der Waals surface area (Å²) in [5, 5.41) is 12.5. The summed E-state index contributed by atoms with van der Waals surface area (Å²) < 4.78 is 0. The molecule has 0 amide bonds. The Labute approximate surface area is 132 Å². The minimum Gasteiger partial charge on any atom is -0.393 e. The summed E-state index contributed by atoms with van der Waals surface area (Å²) in [5.41, 5.74) is 0.809. The van der Waals surface area contributed by atoms with Crippen LogP contribution in [0, 0.1) is 0 Å². The summed E-state index contributed by atoms with van der Waals surface area (Å²) in [7, 11) is 0. The van der Waals surface area contributed by atoms with Gasteiger partial charge in [-0.25, -0.2) is 0 Å². The van der Waals surface area contributed by atoms with Crippen LogP contribution in [-0.2, 0) is 4.84 Å². The van der Waals surface area contributed by atoms with Crippen molar-refractivity contribution in [3.8, 4) is 0 Å². The molecule has 1 atom stereocenters. The van der Waals surface area contributed by atoms with Crippen molar-refractivity contribution in [3.63, 3.8) is 0 Å². The molecule has 0 spiro atoms. The molecule has 118 valence electrons. The fraction of sp³-hybridized carbons (Fsp3) is 0.647. The lowest BCUT2D eigenvalue weighted by Crippen LogP contribution is -2.58. The predicted molar refractivity (Wildman–Crippen MR) is 86.2 cm³/mol. The lowest BCUT2D eigenvalue weighted by Gasteiger charge is -2.52. The van der Waals surface area contributed by atoms with Crippen LogP contribution in [0.1, 0.15) is 58.6 Å². The molecule has 0 radical (unpaired) electrons. The normalized spacial score (nSPS) is 23.0. The van der Waals surface area contributed by atoms with Crippen LogP contribution in [0.15, 0.2) is 24.3 Å². The van der Waals surface area contributed by atoms with Crippen LogP contribution in [-0.4, -0.2) is 27.9 Å². The van der Waals surface area contributed by atoms with Gasteiger partial charge in [0.25, 0.3) is 0 Å². The highest BCUT2D eigenvalue weighted by molar-refractivity contribution is 6.30. The molecule has 0 bridgehead atoms. The molecule has 1 heterocycles. The summed E-state index contributed by atoms with van der Waals surface area (Å²) in [6.45, 7) is 8.71. The van der Waals surface area contributed by atoms with Gasteiger partial charge in [0.1, 0.15) is 6.10 Å². The minimum absolute atomic E-state index is 0.0479. The zero-order valence-corrected chi connectivity index (χ0v) is 14.2. The third kappa shape index (κ3) is 3.78. The highest BCUT2D eigenvalue weighted by atomic mass is 35.5. The Morgan fingerprint density at radius 2 is 1.86 bits per heavy atom. The van der Waals surface area contributed by atoms with Gasteiger partial charge in [-0.1, -0.05) is 23.7 Å². The van der Waals surface area contributed by atoms with Crippen LogP contribution in [0.5, 0.6) is 0 Å². The van der Waals surface area contributed by atoms with Gasteiger partial charge in [-0.2, -0.15) is 5.06 Å². The number of benzene rings is 1. The third-order valence-electron chi connectivity index (χ3n) is 4.30. The second-order valence-electron chi connectivity index (χ2n) is 7.10. The molecular formula is C17H26ClNO2. The number of piperidine rings is 1. The van der Waals surface area contributed by atoms with Gasteiger partial charge < -0.3 is 5.11 Å². The second kappa shape index (κ2) is 6.25. The highest BCUT2D eigenvalue weighted by Gasteiger charge is 2.43.